The first kappa shape index (κ1) is 56.4. The molecule has 0 radical (unpaired) electrons. The molecular formula is C47H68ClN5O13S. The molecule has 1 aromatic rings. The number of thioether (sulfide) groups is 1. The Labute approximate surface area is 402 Å². The molecule has 20 heteroatoms. The minimum absolute atomic E-state index is 0.104. The van der Waals surface area contributed by atoms with E-state index in [1.165, 1.54) is 46.0 Å². The van der Waals surface area contributed by atoms with Gasteiger partial charge >= 0.3 is 12.1 Å². The number of halogens is 1. The summed E-state index contributed by atoms with van der Waals surface area (Å²) in [6.07, 6.45) is 7.09. The molecule has 0 saturated carbocycles. The van der Waals surface area contributed by atoms with Gasteiger partial charge in [0.1, 0.15) is 35.7 Å². The van der Waals surface area contributed by atoms with Crippen LogP contribution in [0.4, 0.5) is 4.79 Å². The van der Waals surface area contributed by atoms with Gasteiger partial charge in [0.2, 0.25) is 17.7 Å². The predicted octanol–water partition coefficient (Wildman–Crippen LogP) is 4.26. The maximum absolute atomic E-state index is 13.5. The molecule has 4 rings (SSSR count). The standard InChI is InChI=1S/C44H60ClN5O13.C3H8S/c1-26(21-29-16-17-30(45)31(22-29)59-7)13-12-14-33(60-8)44(58)24-32(61-42(57)48-44)27(2)40-43(4,63-40)34(23-36(52)46-5)62-41(56)28(3)49(6)39(55)25-47-35(51)15-10-9-11-20-50-37(53)18-19-38(50)54;1-3-4-2/h12-14,16-19,22,27-28,32-34,40,58H,9-11,15,20-21,23-25H2,1-8H3,(H,46,52)(H,47,51)(H,48,57);3H2,1-2H3/b14-12+,26-13+;. The molecule has 2 saturated heterocycles. The van der Waals surface area contributed by atoms with Crippen LogP contribution in [0, 0.1) is 5.92 Å². The second-order valence-electron chi connectivity index (χ2n) is 16.8. The number of carbonyl (C=O) groups excluding carboxylic acids is 7. The molecule has 0 aliphatic carbocycles. The maximum atomic E-state index is 13.5. The first-order valence-electron chi connectivity index (χ1n) is 22.2. The highest BCUT2D eigenvalue weighted by atomic mass is 35.5. The molecule has 8 atom stereocenters. The fourth-order valence-electron chi connectivity index (χ4n) is 7.51. The number of cyclic esters (lactones) is 1. The van der Waals surface area contributed by atoms with Crippen molar-refractivity contribution in [1.29, 1.82) is 0 Å². The van der Waals surface area contributed by atoms with Gasteiger partial charge in [-0.1, -0.05) is 61.7 Å². The number of nitrogens with one attached hydrogen (secondary N) is 3. The highest BCUT2D eigenvalue weighted by Crippen LogP contribution is 2.48. The van der Waals surface area contributed by atoms with E-state index in [0.29, 0.717) is 36.5 Å². The number of hydrogen-bond donors (Lipinski definition) is 4. The van der Waals surface area contributed by atoms with Crippen LogP contribution in [0.1, 0.15) is 78.7 Å². The zero-order valence-electron chi connectivity index (χ0n) is 40.2. The van der Waals surface area contributed by atoms with Gasteiger partial charge in [0.05, 0.1) is 31.2 Å². The number of benzene rings is 1. The van der Waals surface area contributed by atoms with Crippen molar-refractivity contribution < 1.29 is 62.4 Å². The molecule has 3 aliphatic heterocycles. The molecule has 0 spiro atoms. The number of likely N-dealkylation sites (N-methyl/N-ethyl adjacent to an activating group) is 1. The molecule has 0 bridgehead atoms. The summed E-state index contributed by atoms with van der Waals surface area (Å²) in [6, 6.07) is 4.40. The Morgan fingerprint density at radius 3 is 2.39 bits per heavy atom. The SMILES string of the molecule is CCSC.CNC(=O)CC(OC(=O)C(C)N(C)C(=O)CNC(=O)CCCCCN1C(=O)C=CC1=O)C1(C)OC1C(C)C1CC(O)(C(/C=C/C=C(\C)Cc2ccc(Cl)c(OC)c2)OC)NC(=O)O1. The van der Waals surface area contributed by atoms with E-state index < -0.39 is 71.6 Å². The highest BCUT2D eigenvalue weighted by molar-refractivity contribution is 7.98. The number of nitrogens with zero attached hydrogens (tertiary/aromatic N) is 2. The summed E-state index contributed by atoms with van der Waals surface area (Å²) in [5, 5.41) is 19.8. The lowest BCUT2D eigenvalue weighted by molar-refractivity contribution is -0.162. The zero-order chi connectivity index (χ0) is 50.1. The molecule has 2 fully saturated rings. The summed E-state index contributed by atoms with van der Waals surface area (Å²) in [6.45, 7) is 8.83. The van der Waals surface area contributed by atoms with Crippen LogP contribution in [0.25, 0.3) is 0 Å². The third-order valence-corrected chi connectivity index (χ3v) is 12.8. The number of carbonyl (C=O) groups is 7. The Morgan fingerprint density at radius 1 is 1.10 bits per heavy atom. The van der Waals surface area contributed by atoms with Crippen LogP contribution in [-0.4, -0.2) is 152 Å². The number of imide groups is 1. The highest BCUT2D eigenvalue weighted by Gasteiger charge is 2.64. The average molecular weight is 979 g/mol. The fraction of sp³-hybridized carbons (Fsp3) is 0.596. The van der Waals surface area contributed by atoms with Gasteiger partial charge in [-0.05, 0) is 69.7 Å². The minimum atomic E-state index is -1.88. The van der Waals surface area contributed by atoms with E-state index in [1.807, 2.05) is 36.9 Å². The van der Waals surface area contributed by atoms with Crippen molar-refractivity contribution >= 4 is 65.0 Å². The number of aliphatic hydroxyl groups is 1. The Balaban J connectivity index is 0.00000285. The number of rotatable bonds is 24. The number of ether oxygens (including phenoxy) is 5. The lowest BCUT2D eigenvalue weighted by Crippen LogP contribution is -2.63. The number of unbranched alkanes of at least 4 members (excludes halogenated alkanes) is 2. The smallest absolute Gasteiger partial charge is 0.409 e. The summed E-state index contributed by atoms with van der Waals surface area (Å²) in [4.78, 5) is 90.1. The molecule has 8 unspecified atom stereocenters. The van der Waals surface area contributed by atoms with E-state index in [4.69, 9.17) is 35.3 Å². The molecule has 0 aromatic heterocycles. The van der Waals surface area contributed by atoms with Gasteiger partial charge in [-0.3, -0.25) is 34.2 Å². The second-order valence-corrected chi connectivity index (χ2v) is 18.3. The monoisotopic (exact) mass is 977 g/mol. The molecule has 1 aromatic carbocycles. The van der Waals surface area contributed by atoms with Crippen molar-refractivity contribution in [2.24, 2.45) is 5.92 Å². The van der Waals surface area contributed by atoms with Crippen LogP contribution < -0.4 is 20.7 Å². The van der Waals surface area contributed by atoms with E-state index in [1.54, 1.807) is 39.2 Å². The number of epoxide rings is 1. The lowest BCUT2D eigenvalue weighted by atomic mass is 9.83. The van der Waals surface area contributed by atoms with E-state index in [2.05, 4.69) is 29.1 Å². The molecule has 3 aliphatic rings. The quantitative estimate of drug-likeness (QED) is 0.0373. The van der Waals surface area contributed by atoms with Crippen molar-refractivity contribution in [3.63, 3.8) is 0 Å². The van der Waals surface area contributed by atoms with E-state index in [-0.39, 0.29) is 50.1 Å². The third kappa shape index (κ3) is 16.4. The number of hydrogen-bond acceptors (Lipinski definition) is 14. The number of methoxy groups -OCH3 is 2. The van der Waals surface area contributed by atoms with Crippen LogP contribution in [0.2, 0.25) is 5.02 Å². The molecule has 6 amide bonds. The maximum Gasteiger partial charge on any atom is 0.409 e. The molecule has 67 heavy (non-hydrogen) atoms. The molecular weight excluding hydrogens is 910 g/mol. The molecule has 4 N–H and O–H groups in total. The van der Waals surface area contributed by atoms with Crippen LogP contribution >= 0.6 is 23.4 Å². The number of allylic oxidation sites excluding steroid dienone is 3. The van der Waals surface area contributed by atoms with E-state index in [9.17, 15) is 38.7 Å². The molecule has 18 nitrogen and oxygen atoms in total. The third-order valence-electron chi connectivity index (χ3n) is 11.9. The van der Waals surface area contributed by atoms with Crippen LogP contribution in [0.15, 0.2) is 54.2 Å². The number of esters is 1. The normalized spacial score (nSPS) is 23.0. The lowest BCUT2D eigenvalue weighted by Gasteiger charge is -2.42. The van der Waals surface area contributed by atoms with Crippen molar-refractivity contribution in [2.45, 2.75) is 121 Å². The summed E-state index contributed by atoms with van der Waals surface area (Å²) in [5.74, 6) is -1.70. The first-order chi connectivity index (χ1) is 31.7. The number of alkyl carbamates (subject to hydrolysis) is 1. The fourth-order valence-corrected chi connectivity index (χ4v) is 7.71. The first-order valence-corrected chi connectivity index (χ1v) is 24.0. The van der Waals surface area contributed by atoms with Crippen molar-refractivity contribution in [1.82, 2.24) is 25.8 Å². The van der Waals surface area contributed by atoms with Crippen LogP contribution in [0.3, 0.4) is 0 Å². The van der Waals surface area contributed by atoms with Gasteiger partial charge < -0.3 is 44.3 Å². The minimum Gasteiger partial charge on any atom is -0.495 e. The Morgan fingerprint density at radius 2 is 1.78 bits per heavy atom. The van der Waals surface area contributed by atoms with Gasteiger partial charge in [-0.15, -0.1) is 0 Å². The van der Waals surface area contributed by atoms with Crippen molar-refractivity contribution in [3.8, 4) is 5.75 Å². The van der Waals surface area contributed by atoms with Crippen molar-refractivity contribution in [3.05, 3.63) is 64.7 Å². The molecule has 372 valence electrons. The van der Waals surface area contributed by atoms with Crippen LogP contribution in [0.5, 0.6) is 5.75 Å². The topological polar surface area (TPSA) is 232 Å². The summed E-state index contributed by atoms with van der Waals surface area (Å²) >= 11 is 8.02. The van der Waals surface area contributed by atoms with Gasteiger partial charge in [-0.25, -0.2) is 9.59 Å². The predicted molar refractivity (Wildman–Crippen MR) is 253 cm³/mol. The Bertz CT molecular complexity index is 2000. The average Bonchev–Trinajstić information content (AvgIpc) is 3.90. The van der Waals surface area contributed by atoms with Gasteiger partial charge in [0.25, 0.3) is 11.8 Å². The summed E-state index contributed by atoms with van der Waals surface area (Å²) < 4.78 is 28.6. The summed E-state index contributed by atoms with van der Waals surface area (Å²) in [5.41, 5.74) is -1.13. The molecule has 3 heterocycles. The Hall–Kier alpha value is -4.95. The largest absolute Gasteiger partial charge is 0.495 e. The second kappa shape index (κ2) is 26.6. The van der Waals surface area contributed by atoms with Gasteiger partial charge in [-0.2, -0.15) is 11.8 Å². The van der Waals surface area contributed by atoms with Gasteiger partial charge in [0, 0.05) is 58.7 Å². The van der Waals surface area contributed by atoms with Crippen molar-refractivity contribution in [2.75, 3.05) is 53.4 Å². The zero-order valence-corrected chi connectivity index (χ0v) is 41.8. The van der Waals surface area contributed by atoms with E-state index in [0.717, 1.165) is 20.9 Å². The summed E-state index contributed by atoms with van der Waals surface area (Å²) in [7, 11) is 5.77. The Kier molecular flexibility index (Phi) is 22.3. The van der Waals surface area contributed by atoms with Crippen LogP contribution in [-0.2, 0) is 54.1 Å². The van der Waals surface area contributed by atoms with E-state index >= 15 is 0 Å². The number of amides is 6. The van der Waals surface area contributed by atoms with Gasteiger partial charge in [0.15, 0.2) is 5.72 Å².